The Morgan fingerprint density at radius 1 is 1.50 bits per heavy atom. The summed E-state index contributed by atoms with van der Waals surface area (Å²) in [6.45, 7) is 2.78. The van der Waals surface area contributed by atoms with E-state index in [9.17, 15) is 4.79 Å². The Balaban J connectivity index is 1.77. The van der Waals surface area contributed by atoms with Crippen molar-refractivity contribution in [1.29, 1.82) is 0 Å². The van der Waals surface area contributed by atoms with E-state index < -0.39 is 5.97 Å². The first-order valence-corrected chi connectivity index (χ1v) is 8.63. The summed E-state index contributed by atoms with van der Waals surface area (Å²) < 4.78 is 6.84. The van der Waals surface area contributed by atoms with E-state index in [-0.39, 0.29) is 12.6 Å². The number of ether oxygens (including phenoxy) is 1. The van der Waals surface area contributed by atoms with E-state index in [4.69, 9.17) is 9.84 Å². The molecule has 3 rings (SSSR count). The number of morpholine rings is 1. The van der Waals surface area contributed by atoms with Gasteiger partial charge in [-0.25, -0.2) is 0 Å². The minimum Gasteiger partial charge on any atom is -0.480 e. The predicted molar refractivity (Wildman–Crippen MR) is 96.5 cm³/mol. The van der Waals surface area contributed by atoms with E-state index in [1.165, 1.54) is 0 Å². The molecule has 1 saturated heterocycles. The molecule has 0 spiro atoms. The van der Waals surface area contributed by atoms with Gasteiger partial charge in [-0.2, -0.15) is 0 Å². The third kappa shape index (κ3) is 4.03. The van der Waals surface area contributed by atoms with Crippen LogP contribution in [0.1, 0.15) is 0 Å². The van der Waals surface area contributed by atoms with E-state index in [0.29, 0.717) is 13.2 Å². The summed E-state index contributed by atoms with van der Waals surface area (Å²) in [6, 6.07) is 8.10. The summed E-state index contributed by atoms with van der Waals surface area (Å²) in [6.07, 6.45) is 1.81. The quantitative estimate of drug-likeness (QED) is 0.839. The second-order valence-electron chi connectivity index (χ2n) is 6.02. The van der Waals surface area contributed by atoms with Crippen LogP contribution in [0, 0.1) is 0 Å². The molecule has 0 radical (unpaired) electrons. The largest absolute Gasteiger partial charge is 0.480 e. The highest BCUT2D eigenvalue weighted by atomic mass is 79.9. The molecule has 7 heteroatoms. The molecule has 0 amide bonds. The zero-order valence-corrected chi connectivity index (χ0v) is 15.1. The number of likely N-dealkylation sites (N-methyl/N-ethyl adjacent to an activating group) is 1. The number of aromatic nitrogens is 1. The average molecular weight is 394 g/mol. The molecule has 24 heavy (non-hydrogen) atoms. The van der Waals surface area contributed by atoms with Gasteiger partial charge in [0.05, 0.1) is 24.8 Å². The van der Waals surface area contributed by atoms with Crippen LogP contribution in [-0.4, -0.2) is 66.9 Å². The van der Waals surface area contributed by atoms with Crippen LogP contribution < -0.4 is 4.90 Å². The van der Waals surface area contributed by atoms with Crippen LogP contribution in [0.3, 0.4) is 0 Å². The SMILES string of the molecule is CN(CC(=O)O)CC1CN(c2ccnc3ccc(Br)cc23)CCO1. The topological polar surface area (TPSA) is 65.9 Å². The number of fused-ring (bicyclic) bond motifs is 1. The number of hydrogen-bond acceptors (Lipinski definition) is 5. The fourth-order valence-corrected chi connectivity index (χ4v) is 3.43. The maximum Gasteiger partial charge on any atom is 0.317 e. The van der Waals surface area contributed by atoms with Gasteiger partial charge in [0, 0.05) is 41.4 Å². The predicted octanol–water partition coefficient (Wildman–Crippen LogP) is 2.22. The van der Waals surface area contributed by atoms with Gasteiger partial charge in [0.15, 0.2) is 0 Å². The molecule has 1 aliphatic heterocycles. The van der Waals surface area contributed by atoms with Gasteiger partial charge >= 0.3 is 5.97 Å². The van der Waals surface area contributed by atoms with Crippen LogP contribution in [0.15, 0.2) is 34.9 Å². The first-order chi connectivity index (χ1) is 11.5. The number of pyridine rings is 1. The van der Waals surface area contributed by atoms with Crippen molar-refractivity contribution < 1.29 is 14.6 Å². The highest BCUT2D eigenvalue weighted by Crippen LogP contribution is 2.29. The molecule has 6 nitrogen and oxygen atoms in total. The Kier molecular flexibility index (Phi) is 5.33. The molecule has 1 aromatic heterocycles. The number of halogens is 1. The van der Waals surface area contributed by atoms with E-state index >= 15 is 0 Å². The van der Waals surface area contributed by atoms with Gasteiger partial charge in [0.1, 0.15) is 0 Å². The lowest BCUT2D eigenvalue weighted by Gasteiger charge is -2.36. The molecule has 2 heterocycles. The second kappa shape index (κ2) is 7.46. The van der Waals surface area contributed by atoms with E-state index in [1.807, 2.05) is 24.4 Å². The minimum absolute atomic E-state index is 0.0153. The third-order valence-electron chi connectivity index (χ3n) is 4.08. The van der Waals surface area contributed by atoms with Gasteiger partial charge < -0.3 is 14.7 Å². The molecule has 0 aliphatic carbocycles. The molecule has 2 aromatic rings. The standard InChI is InChI=1S/C17H20BrN3O3/c1-20(11-17(22)23)9-13-10-21(6-7-24-13)16-4-5-19-15-3-2-12(18)8-14(15)16/h2-5,8,13H,6-7,9-11H2,1H3,(H,22,23). The number of carboxylic acid groups (broad SMARTS) is 1. The van der Waals surface area contributed by atoms with Gasteiger partial charge in [-0.1, -0.05) is 15.9 Å². The Morgan fingerprint density at radius 2 is 2.33 bits per heavy atom. The molecular formula is C17H20BrN3O3. The molecule has 1 atom stereocenters. The van der Waals surface area contributed by atoms with Crippen molar-refractivity contribution in [2.75, 3.05) is 44.7 Å². The lowest BCUT2D eigenvalue weighted by molar-refractivity contribution is -0.138. The monoisotopic (exact) mass is 393 g/mol. The fraction of sp³-hybridized carbons (Fsp3) is 0.412. The van der Waals surface area contributed by atoms with Crippen LogP contribution in [0.5, 0.6) is 0 Å². The molecule has 0 saturated carbocycles. The van der Waals surface area contributed by atoms with Crippen LogP contribution in [-0.2, 0) is 9.53 Å². The molecular weight excluding hydrogens is 374 g/mol. The Bertz CT molecular complexity index is 740. The number of hydrogen-bond donors (Lipinski definition) is 1. The Hall–Kier alpha value is -1.70. The van der Waals surface area contributed by atoms with E-state index in [0.717, 1.165) is 34.2 Å². The van der Waals surface area contributed by atoms with Gasteiger partial charge in [-0.15, -0.1) is 0 Å². The lowest BCUT2D eigenvalue weighted by Crippen LogP contribution is -2.47. The summed E-state index contributed by atoms with van der Waals surface area (Å²) >= 11 is 3.52. The maximum absolute atomic E-state index is 10.8. The van der Waals surface area contributed by atoms with Crippen molar-refractivity contribution in [3.8, 4) is 0 Å². The highest BCUT2D eigenvalue weighted by Gasteiger charge is 2.23. The number of rotatable bonds is 5. The number of carboxylic acids is 1. The Morgan fingerprint density at radius 3 is 3.12 bits per heavy atom. The molecule has 1 aliphatic rings. The van der Waals surface area contributed by atoms with Gasteiger partial charge in [-0.05, 0) is 31.3 Å². The first kappa shape index (κ1) is 17.1. The van der Waals surface area contributed by atoms with Crippen molar-refractivity contribution in [2.24, 2.45) is 0 Å². The summed E-state index contributed by atoms with van der Waals surface area (Å²) in [5.41, 5.74) is 2.09. The zero-order valence-electron chi connectivity index (χ0n) is 13.5. The van der Waals surface area contributed by atoms with Crippen LogP contribution in [0.2, 0.25) is 0 Å². The Labute approximate surface area is 149 Å². The highest BCUT2D eigenvalue weighted by molar-refractivity contribution is 9.10. The molecule has 0 bridgehead atoms. The molecule has 128 valence electrons. The zero-order chi connectivity index (χ0) is 17.1. The molecule has 1 fully saturated rings. The van der Waals surface area contributed by atoms with Gasteiger partial charge in [-0.3, -0.25) is 14.7 Å². The average Bonchev–Trinajstić information content (AvgIpc) is 2.53. The minimum atomic E-state index is -0.824. The first-order valence-electron chi connectivity index (χ1n) is 7.84. The van der Waals surface area contributed by atoms with Crippen molar-refractivity contribution in [3.05, 3.63) is 34.9 Å². The fourth-order valence-electron chi connectivity index (χ4n) is 3.07. The van der Waals surface area contributed by atoms with Crippen molar-refractivity contribution in [3.63, 3.8) is 0 Å². The lowest BCUT2D eigenvalue weighted by atomic mass is 10.1. The van der Waals surface area contributed by atoms with Crippen LogP contribution in [0.4, 0.5) is 5.69 Å². The molecule has 1 N–H and O–H groups in total. The third-order valence-corrected chi connectivity index (χ3v) is 4.57. The normalized spacial score (nSPS) is 18.3. The number of anilines is 1. The summed E-state index contributed by atoms with van der Waals surface area (Å²) in [7, 11) is 1.80. The van der Waals surface area contributed by atoms with E-state index in [2.05, 4.69) is 31.9 Å². The summed E-state index contributed by atoms with van der Waals surface area (Å²) in [5, 5.41) is 9.99. The number of aliphatic carboxylic acids is 1. The summed E-state index contributed by atoms with van der Waals surface area (Å²) in [4.78, 5) is 19.3. The van der Waals surface area contributed by atoms with Crippen molar-refractivity contribution in [2.45, 2.75) is 6.10 Å². The van der Waals surface area contributed by atoms with Crippen LogP contribution >= 0.6 is 15.9 Å². The van der Waals surface area contributed by atoms with Crippen molar-refractivity contribution >= 4 is 38.5 Å². The number of nitrogens with zero attached hydrogens (tertiary/aromatic N) is 3. The molecule has 1 aromatic carbocycles. The smallest absolute Gasteiger partial charge is 0.317 e. The van der Waals surface area contributed by atoms with Gasteiger partial charge in [0.25, 0.3) is 0 Å². The number of benzene rings is 1. The maximum atomic E-state index is 10.8. The van der Waals surface area contributed by atoms with Gasteiger partial charge in [0.2, 0.25) is 0 Å². The van der Waals surface area contributed by atoms with Crippen LogP contribution in [0.25, 0.3) is 10.9 Å². The molecule has 1 unspecified atom stereocenters. The van der Waals surface area contributed by atoms with Crippen molar-refractivity contribution in [1.82, 2.24) is 9.88 Å². The van der Waals surface area contributed by atoms with E-state index in [1.54, 1.807) is 11.9 Å². The summed E-state index contributed by atoms with van der Waals surface area (Å²) in [5.74, 6) is -0.824. The number of carbonyl (C=O) groups is 1. The second-order valence-corrected chi connectivity index (χ2v) is 6.94.